The number of rotatable bonds is 5. The number of amides is 2. The minimum absolute atomic E-state index is 0.188. The molecular weight excluding hydrogens is 386 g/mol. The largest absolute Gasteiger partial charge is 0.334 e. The van der Waals surface area contributed by atoms with Crippen LogP contribution in [0, 0.1) is 0 Å². The van der Waals surface area contributed by atoms with Gasteiger partial charge in [0.15, 0.2) is 0 Å². The van der Waals surface area contributed by atoms with Gasteiger partial charge in [-0.05, 0) is 47.7 Å². The van der Waals surface area contributed by atoms with E-state index in [2.05, 4.69) is 10.6 Å². The molecule has 2 amide bonds. The molecule has 0 bridgehead atoms. The smallest absolute Gasteiger partial charge is 0.319 e. The van der Waals surface area contributed by atoms with E-state index in [1.165, 1.54) is 10.6 Å². The molecular formula is C19H22ClN3O3S. The Balaban J connectivity index is 1.51. The third-order valence-corrected chi connectivity index (χ3v) is 6.15. The van der Waals surface area contributed by atoms with Crippen LogP contribution in [0.3, 0.4) is 0 Å². The number of carbonyl (C=O) groups is 1. The molecule has 0 radical (unpaired) electrons. The van der Waals surface area contributed by atoms with Gasteiger partial charge in [-0.1, -0.05) is 35.9 Å². The number of carbonyl (C=O) groups excluding carboxylic acids is 1. The van der Waals surface area contributed by atoms with Gasteiger partial charge in [0.1, 0.15) is 0 Å². The molecule has 0 saturated carbocycles. The lowest BCUT2D eigenvalue weighted by atomic mass is 9.98. The third kappa shape index (κ3) is 5.45. The zero-order valence-corrected chi connectivity index (χ0v) is 16.6. The van der Waals surface area contributed by atoms with E-state index in [0.717, 1.165) is 17.5 Å². The lowest BCUT2D eigenvalue weighted by Gasteiger charge is -2.14. The standard InChI is InChI=1S/C19H22ClN3O3S/c1-27(25,26)23-11-10-16(13-23)15-4-8-18(9-5-15)22-19(24)21-12-14-2-6-17(20)7-3-14/h2-9,16H,10-13H2,1H3,(H2,21,22,24)/t16-/m0/s1. The number of sulfonamides is 1. The van der Waals surface area contributed by atoms with Crippen molar-refractivity contribution < 1.29 is 13.2 Å². The van der Waals surface area contributed by atoms with Gasteiger partial charge in [-0.15, -0.1) is 0 Å². The van der Waals surface area contributed by atoms with Gasteiger partial charge in [0.25, 0.3) is 0 Å². The Morgan fingerprint density at radius 1 is 1.15 bits per heavy atom. The second-order valence-electron chi connectivity index (χ2n) is 6.66. The molecule has 144 valence electrons. The first-order valence-electron chi connectivity index (χ1n) is 8.65. The minimum Gasteiger partial charge on any atom is -0.334 e. The molecule has 8 heteroatoms. The van der Waals surface area contributed by atoms with Crippen molar-refractivity contribution >= 4 is 33.3 Å². The summed E-state index contributed by atoms with van der Waals surface area (Å²) in [5.74, 6) is 0.188. The fourth-order valence-electron chi connectivity index (χ4n) is 3.10. The van der Waals surface area contributed by atoms with Gasteiger partial charge >= 0.3 is 6.03 Å². The molecule has 6 nitrogen and oxygen atoms in total. The average Bonchev–Trinajstić information content (AvgIpc) is 3.12. The summed E-state index contributed by atoms with van der Waals surface area (Å²) in [5.41, 5.74) is 2.72. The van der Waals surface area contributed by atoms with Crippen molar-refractivity contribution in [1.29, 1.82) is 0 Å². The van der Waals surface area contributed by atoms with Crippen molar-refractivity contribution in [2.24, 2.45) is 0 Å². The summed E-state index contributed by atoms with van der Waals surface area (Å²) in [6.45, 7) is 1.47. The van der Waals surface area contributed by atoms with Crippen LogP contribution in [0.1, 0.15) is 23.5 Å². The molecule has 1 aliphatic heterocycles. The molecule has 27 heavy (non-hydrogen) atoms. The molecule has 1 atom stereocenters. The Morgan fingerprint density at radius 3 is 2.41 bits per heavy atom. The lowest BCUT2D eigenvalue weighted by molar-refractivity contribution is 0.251. The average molecular weight is 408 g/mol. The molecule has 3 rings (SSSR count). The van der Waals surface area contributed by atoms with Gasteiger partial charge in [-0.3, -0.25) is 0 Å². The number of anilines is 1. The van der Waals surface area contributed by atoms with Crippen molar-refractivity contribution in [3.63, 3.8) is 0 Å². The Labute approximate surface area is 164 Å². The van der Waals surface area contributed by atoms with E-state index in [4.69, 9.17) is 11.6 Å². The summed E-state index contributed by atoms with van der Waals surface area (Å²) in [6, 6.07) is 14.5. The van der Waals surface area contributed by atoms with Gasteiger partial charge in [-0.2, -0.15) is 0 Å². The zero-order chi connectivity index (χ0) is 19.4. The van der Waals surface area contributed by atoms with Crippen LogP contribution >= 0.6 is 11.6 Å². The van der Waals surface area contributed by atoms with Crippen LogP contribution in [0.4, 0.5) is 10.5 Å². The van der Waals surface area contributed by atoms with Crippen molar-refractivity contribution in [2.45, 2.75) is 18.9 Å². The van der Waals surface area contributed by atoms with E-state index < -0.39 is 10.0 Å². The second kappa shape index (κ2) is 8.29. The van der Waals surface area contributed by atoms with E-state index >= 15 is 0 Å². The number of benzene rings is 2. The Bertz CT molecular complexity index is 899. The summed E-state index contributed by atoms with van der Waals surface area (Å²) in [5, 5.41) is 6.24. The fourth-order valence-corrected chi connectivity index (χ4v) is 4.11. The first-order chi connectivity index (χ1) is 12.8. The van der Waals surface area contributed by atoms with Crippen LogP contribution in [-0.4, -0.2) is 38.1 Å². The third-order valence-electron chi connectivity index (χ3n) is 4.63. The summed E-state index contributed by atoms with van der Waals surface area (Å²) in [7, 11) is -3.14. The fraction of sp³-hybridized carbons (Fsp3) is 0.316. The molecule has 0 unspecified atom stereocenters. The van der Waals surface area contributed by atoms with Gasteiger partial charge in [-0.25, -0.2) is 17.5 Å². The number of halogens is 1. The maximum absolute atomic E-state index is 12.0. The molecule has 1 fully saturated rings. The number of nitrogens with zero attached hydrogens (tertiary/aromatic N) is 1. The van der Waals surface area contributed by atoms with Crippen molar-refractivity contribution in [1.82, 2.24) is 9.62 Å². The monoisotopic (exact) mass is 407 g/mol. The summed E-state index contributed by atoms with van der Waals surface area (Å²) in [6.07, 6.45) is 2.05. The summed E-state index contributed by atoms with van der Waals surface area (Å²) in [4.78, 5) is 12.0. The normalized spacial score (nSPS) is 17.6. The number of urea groups is 1. The molecule has 0 spiro atoms. The zero-order valence-electron chi connectivity index (χ0n) is 15.0. The molecule has 2 N–H and O–H groups in total. The van der Waals surface area contributed by atoms with Crippen LogP contribution in [0.5, 0.6) is 0 Å². The highest BCUT2D eigenvalue weighted by Gasteiger charge is 2.29. The molecule has 1 saturated heterocycles. The predicted molar refractivity (Wildman–Crippen MR) is 108 cm³/mol. The maximum Gasteiger partial charge on any atom is 0.319 e. The van der Waals surface area contributed by atoms with Crippen molar-refractivity contribution in [3.05, 3.63) is 64.7 Å². The second-order valence-corrected chi connectivity index (χ2v) is 9.08. The first-order valence-corrected chi connectivity index (χ1v) is 10.9. The first kappa shape index (κ1) is 19.7. The highest BCUT2D eigenvalue weighted by Crippen LogP contribution is 2.29. The Morgan fingerprint density at radius 2 is 1.81 bits per heavy atom. The topological polar surface area (TPSA) is 78.5 Å². The Kier molecular flexibility index (Phi) is 6.04. The molecule has 0 aliphatic carbocycles. The summed E-state index contributed by atoms with van der Waals surface area (Å²) < 4.78 is 24.8. The van der Waals surface area contributed by atoms with Crippen LogP contribution in [0.25, 0.3) is 0 Å². The number of hydrogen-bond acceptors (Lipinski definition) is 3. The van der Waals surface area contributed by atoms with E-state index in [-0.39, 0.29) is 11.9 Å². The summed E-state index contributed by atoms with van der Waals surface area (Å²) >= 11 is 5.84. The van der Waals surface area contributed by atoms with Gasteiger partial charge < -0.3 is 10.6 Å². The van der Waals surface area contributed by atoms with E-state index in [1.807, 2.05) is 36.4 Å². The van der Waals surface area contributed by atoms with Crippen LogP contribution < -0.4 is 10.6 Å². The molecule has 2 aromatic carbocycles. The van der Waals surface area contributed by atoms with Crippen LogP contribution in [0.15, 0.2) is 48.5 Å². The number of nitrogens with one attached hydrogen (secondary N) is 2. The lowest BCUT2D eigenvalue weighted by Crippen LogP contribution is -2.28. The molecule has 1 aliphatic rings. The van der Waals surface area contributed by atoms with Gasteiger partial charge in [0.2, 0.25) is 10.0 Å². The predicted octanol–water partition coefficient (Wildman–Crippen LogP) is 3.41. The molecule has 1 heterocycles. The van der Waals surface area contributed by atoms with Crippen LogP contribution in [0.2, 0.25) is 5.02 Å². The van der Waals surface area contributed by atoms with Gasteiger partial charge in [0.05, 0.1) is 6.26 Å². The minimum atomic E-state index is -3.14. The SMILES string of the molecule is CS(=O)(=O)N1CC[C@H](c2ccc(NC(=O)NCc3ccc(Cl)cc3)cc2)C1. The maximum atomic E-state index is 12.0. The van der Waals surface area contributed by atoms with Crippen molar-refractivity contribution in [2.75, 3.05) is 24.7 Å². The van der Waals surface area contributed by atoms with E-state index in [9.17, 15) is 13.2 Å². The van der Waals surface area contributed by atoms with Crippen LogP contribution in [-0.2, 0) is 16.6 Å². The van der Waals surface area contributed by atoms with E-state index in [1.54, 1.807) is 12.1 Å². The van der Waals surface area contributed by atoms with E-state index in [0.29, 0.717) is 30.3 Å². The molecule has 2 aromatic rings. The quantitative estimate of drug-likeness (QED) is 0.797. The Hall–Kier alpha value is -2.09. The number of hydrogen-bond donors (Lipinski definition) is 2. The highest BCUT2D eigenvalue weighted by molar-refractivity contribution is 7.88. The van der Waals surface area contributed by atoms with Crippen molar-refractivity contribution in [3.8, 4) is 0 Å². The molecule has 0 aromatic heterocycles. The highest BCUT2D eigenvalue weighted by atomic mass is 35.5. The van der Waals surface area contributed by atoms with Gasteiger partial charge in [0, 0.05) is 30.3 Å².